The van der Waals surface area contributed by atoms with E-state index in [1.165, 1.54) is 13.2 Å². The topological polar surface area (TPSA) is 22.1 Å². The Kier molecular flexibility index (Phi) is 2.25. The fraction of sp³-hybridized carbons (Fsp3) is 0.100. The standard InChI is InChI=1S/C10H7ClFNO/c1-14-10-6-2-3-13-5-7(6)8(11)4-9(10)12/h2-5H,1H3. The van der Waals surface area contributed by atoms with Crippen LogP contribution in [0.4, 0.5) is 4.39 Å². The molecule has 1 heterocycles. The Morgan fingerprint density at radius 2 is 2.21 bits per heavy atom. The molecule has 2 rings (SSSR count). The van der Waals surface area contributed by atoms with Crippen LogP contribution in [0.3, 0.4) is 0 Å². The third kappa shape index (κ3) is 1.30. The van der Waals surface area contributed by atoms with Crippen molar-refractivity contribution < 1.29 is 9.13 Å². The van der Waals surface area contributed by atoms with Gasteiger partial charge in [0.25, 0.3) is 0 Å². The van der Waals surface area contributed by atoms with E-state index in [-0.39, 0.29) is 5.75 Å². The molecule has 14 heavy (non-hydrogen) atoms. The number of pyridine rings is 1. The summed E-state index contributed by atoms with van der Waals surface area (Å²) in [7, 11) is 1.42. The summed E-state index contributed by atoms with van der Waals surface area (Å²) in [5.74, 6) is -0.261. The van der Waals surface area contributed by atoms with Crippen LogP contribution in [0.5, 0.6) is 5.75 Å². The van der Waals surface area contributed by atoms with Gasteiger partial charge >= 0.3 is 0 Å². The quantitative estimate of drug-likeness (QED) is 0.723. The third-order valence-electron chi connectivity index (χ3n) is 2.00. The monoisotopic (exact) mass is 211 g/mol. The van der Waals surface area contributed by atoms with Gasteiger partial charge < -0.3 is 4.74 Å². The summed E-state index contributed by atoms with van der Waals surface area (Å²) in [6.07, 6.45) is 3.15. The first-order valence-corrected chi connectivity index (χ1v) is 4.37. The van der Waals surface area contributed by atoms with Gasteiger partial charge in [-0.25, -0.2) is 4.39 Å². The van der Waals surface area contributed by atoms with Crippen molar-refractivity contribution in [3.05, 3.63) is 35.4 Å². The van der Waals surface area contributed by atoms with Gasteiger partial charge in [-0.2, -0.15) is 0 Å². The first kappa shape index (κ1) is 9.21. The summed E-state index contributed by atoms with van der Waals surface area (Å²) in [5, 5.41) is 1.66. The molecule has 0 N–H and O–H groups in total. The van der Waals surface area contributed by atoms with Gasteiger partial charge in [-0.05, 0) is 12.1 Å². The molecule has 0 aliphatic heterocycles. The smallest absolute Gasteiger partial charge is 0.167 e. The summed E-state index contributed by atoms with van der Waals surface area (Å²) in [5.41, 5.74) is 0. The third-order valence-corrected chi connectivity index (χ3v) is 2.31. The number of rotatable bonds is 1. The molecule has 0 aliphatic carbocycles. The van der Waals surface area contributed by atoms with E-state index in [0.29, 0.717) is 15.8 Å². The minimum Gasteiger partial charge on any atom is -0.493 e. The number of fused-ring (bicyclic) bond motifs is 1. The van der Waals surface area contributed by atoms with Gasteiger partial charge in [-0.15, -0.1) is 0 Å². The highest BCUT2D eigenvalue weighted by atomic mass is 35.5. The minimum absolute atomic E-state index is 0.201. The van der Waals surface area contributed by atoms with Gasteiger partial charge in [-0.1, -0.05) is 11.6 Å². The Balaban J connectivity index is 2.90. The van der Waals surface area contributed by atoms with Crippen LogP contribution in [0.25, 0.3) is 10.8 Å². The van der Waals surface area contributed by atoms with Crippen LogP contribution in [0.2, 0.25) is 5.02 Å². The molecule has 1 aromatic carbocycles. The molecular formula is C10H7ClFNO. The summed E-state index contributed by atoms with van der Waals surface area (Å²) >= 11 is 5.86. The lowest BCUT2D eigenvalue weighted by molar-refractivity contribution is 0.392. The zero-order chi connectivity index (χ0) is 10.1. The molecule has 0 amide bonds. The molecule has 0 bridgehead atoms. The molecule has 0 atom stereocenters. The second kappa shape index (κ2) is 3.42. The normalized spacial score (nSPS) is 10.5. The Bertz CT molecular complexity index is 487. The highest BCUT2D eigenvalue weighted by Crippen LogP contribution is 2.33. The lowest BCUT2D eigenvalue weighted by atomic mass is 10.1. The first-order chi connectivity index (χ1) is 6.74. The number of aromatic nitrogens is 1. The van der Waals surface area contributed by atoms with Crippen molar-refractivity contribution in [3.8, 4) is 5.75 Å². The Morgan fingerprint density at radius 3 is 2.93 bits per heavy atom. The van der Waals surface area contributed by atoms with E-state index in [9.17, 15) is 4.39 Å². The molecule has 2 nitrogen and oxygen atoms in total. The maximum absolute atomic E-state index is 13.4. The molecule has 0 spiro atoms. The zero-order valence-electron chi connectivity index (χ0n) is 7.42. The van der Waals surface area contributed by atoms with Gasteiger partial charge in [0.05, 0.1) is 12.1 Å². The van der Waals surface area contributed by atoms with E-state index in [0.717, 1.165) is 0 Å². The number of ether oxygens (including phenoxy) is 1. The van der Waals surface area contributed by atoms with Crippen LogP contribution in [0.15, 0.2) is 24.5 Å². The Hall–Kier alpha value is -1.35. The molecule has 0 aliphatic rings. The SMILES string of the molecule is COc1c(F)cc(Cl)c2cnccc12. The molecule has 1 aromatic heterocycles. The molecule has 2 aromatic rings. The van der Waals surface area contributed by atoms with E-state index in [1.54, 1.807) is 18.5 Å². The molecular weight excluding hydrogens is 205 g/mol. The predicted octanol–water partition coefficient (Wildman–Crippen LogP) is 3.04. The maximum Gasteiger partial charge on any atom is 0.167 e. The number of halogens is 2. The number of benzene rings is 1. The van der Waals surface area contributed by atoms with Crippen molar-refractivity contribution in [1.29, 1.82) is 0 Å². The van der Waals surface area contributed by atoms with Crippen LogP contribution >= 0.6 is 11.6 Å². The van der Waals surface area contributed by atoms with Crippen LogP contribution in [-0.2, 0) is 0 Å². The van der Waals surface area contributed by atoms with E-state index < -0.39 is 5.82 Å². The lowest BCUT2D eigenvalue weighted by Gasteiger charge is -2.07. The summed E-state index contributed by atoms with van der Waals surface area (Å²) in [6, 6.07) is 2.90. The number of methoxy groups -OCH3 is 1. The average Bonchev–Trinajstić information content (AvgIpc) is 2.18. The van der Waals surface area contributed by atoms with Crippen molar-refractivity contribution in [2.24, 2.45) is 0 Å². The number of nitrogens with zero attached hydrogens (tertiary/aromatic N) is 1. The van der Waals surface area contributed by atoms with Crippen LogP contribution in [0.1, 0.15) is 0 Å². The van der Waals surface area contributed by atoms with Crippen LogP contribution < -0.4 is 4.74 Å². The van der Waals surface area contributed by atoms with Gasteiger partial charge in [0.15, 0.2) is 11.6 Å². The van der Waals surface area contributed by atoms with Crippen molar-refractivity contribution in [2.45, 2.75) is 0 Å². The first-order valence-electron chi connectivity index (χ1n) is 3.99. The largest absolute Gasteiger partial charge is 0.493 e. The van der Waals surface area contributed by atoms with Gasteiger partial charge in [0, 0.05) is 23.2 Å². The van der Waals surface area contributed by atoms with Crippen molar-refractivity contribution >= 4 is 22.4 Å². The van der Waals surface area contributed by atoms with E-state index in [4.69, 9.17) is 16.3 Å². The Morgan fingerprint density at radius 1 is 1.43 bits per heavy atom. The molecule has 0 saturated carbocycles. The second-order valence-corrected chi connectivity index (χ2v) is 3.20. The molecule has 0 radical (unpaired) electrons. The highest BCUT2D eigenvalue weighted by Gasteiger charge is 2.10. The predicted molar refractivity (Wildman–Crippen MR) is 53.3 cm³/mol. The molecule has 0 unspecified atom stereocenters. The molecule has 0 fully saturated rings. The van der Waals surface area contributed by atoms with E-state index in [1.807, 2.05) is 0 Å². The highest BCUT2D eigenvalue weighted by molar-refractivity contribution is 6.35. The second-order valence-electron chi connectivity index (χ2n) is 2.79. The number of hydrogen-bond acceptors (Lipinski definition) is 2. The minimum atomic E-state index is -0.462. The molecule has 4 heteroatoms. The van der Waals surface area contributed by atoms with Crippen LogP contribution in [0, 0.1) is 5.82 Å². The Labute approximate surface area is 85.3 Å². The van der Waals surface area contributed by atoms with E-state index >= 15 is 0 Å². The maximum atomic E-state index is 13.4. The van der Waals surface area contributed by atoms with Gasteiger partial charge in [0.1, 0.15) is 0 Å². The van der Waals surface area contributed by atoms with Crippen molar-refractivity contribution in [3.63, 3.8) is 0 Å². The average molecular weight is 212 g/mol. The van der Waals surface area contributed by atoms with Crippen molar-refractivity contribution in [2.75, 3.05) is 7.11 Å². The summed E-state index contributed by atoms with van der Waals surface area (Å²) < 4.78 is 18.3. The summed E-state index contributed by atoms with van der Waals surface area (Å²) in [6.45, 7) is 0. The lowest BCUT2D eigenvalue weighted by Crippen LogP contribution is -1.90. The van der Waals surface area contributed by atoms with Gasteiger partial charge in [-0.3, -0.25) is 4.98 Å². The molecule has 72 valence electrons. The van der Waals surface area contributed by atoms with Crippen molar-refractivity contribution in [1.82, 2.24) is 4.98 Å². The fourth-order valence-corrected chi connectivity index (χ4v) is 1.62. The van der Waals surface area contributed by atoms with E-state index in [2.05, 4.69) is 4.98 Å². The van der Waals surface area contributed by atoms with Crippen LogP contribution in [-0.4, -0.2) is 12.1 Å². The fourth-order valence-electron chi connectivity index (χ4n) is 1.37. The zero-order valence-corrected chi connectivity index (χ0v) is 8.18. The number of hydrogen-bond donors (Lipinski definition) is 0. The van der Waals surface area contributed by atoms with Gasteiger partial charge in [0.2, 0.25) is 0 Å². The molecule has 0 saturated heterocycles. The summed E-state index contributed by atoms with van der Waals surface area (Å²) in [4.78, 5) is 3.92.